The lowest BCUT2D eigenvalue weighted by Crippen LogP contribution is -2.44. The number of nitrogens with zero attached hydrogens (tertiary/aromatic N) is 4. The predicted octanol–water partition coefficient (Wildman–Crippen LogP) is 2.97. The minimum absolute atomic E-state index is 0.245. The van der Waals surface area contributed by atoms with Crippen LogP contribution in [0.1, 0.15) is 0 Å². The lowest BCUT2D eigenvalue weighted by molar-refractivity contribution is 0.312. The van der Waals surface area contributed by atoms with E-state index in [-0.39, 0.29) is 5.69 Å². The Morgan fingerprint density at radius 1 is 0.903 bits per heavy atom. The third-order valence-electron chi connectivity index (χ3n) is 5.09. The minimum Gasteiger partial charge on any atom is -0.353 e. The first-order valence-electron chi connectivity index (χ1n) is 9.67. The van der Waals surface area contributed by atoms with E-state index >= 15 is 0 Å². The number of benzene rings is 2. The van der Waals surface area contributed by atoms with Crippen molar-refractivity contribution < 1.29 is 17.2 Å². The standard InChI is InChI=1S/C21H21F2N5O2S/c1-27-10-12-28(13-11-27)21-9-7-19(24-25-21)15-2-5-17(6-3-15)26-31(29,30)20-8-4-16(22)14-18(20)23/h2-9,14,26H,10-13H2,1H3. The number of piperazine rings is 1. The second-order valence-corrected chi connectivity index (χ2v) is 8.98. The first-order chi connectivity index (χ1) is 14.8. The molecule has 1 aliphatic heterocycles. The monoisotopic (exact) mass is 445 g/mol. The van der Waals surface area contributed by atoms with E-state index in [0.717, 1.165) is 49.7 Å². The Morgan fingerprint density at radius 2 is 1.61 bits per heavy atom. The van der Waals surface area contributed by atoms with Gasteiger partial charge in [0.25, 0.3) is 10.0 Å². The van der Waals surface area contributed by atoms with Crippen molar-refractivity contribution in [3.8, 4) is 11.3 Å². The molecule has 0 aliphatic carbocycles. The fraction of sp³-hybridized carbons (Fsp3) is 0.238. The molecule has 0 unspecified atom stereocenters. The van der Waals surface area contributed by atoms with Gasteiger partial charge in [-0.3, -0.25) is 4.72 Å². The summed E-state index contributed by atoms with van der Waals surface area (Å²) in [5.74, 6) is -1.18. The van der Waals surface area contributed by atoms with Gasteiger partial charge < -0.3 is 9.80 Å². The van der Waals surface area contributed by atoms with Crippen molar-refractivity contribution in [2.45, 2.75) is 4.90 Å². The molecule has 1 aliphatic rings. The van der Waals surface area contributed by atoms with E-state index in [0.29, 0.717) is 11.8 Å². The van der Waals surface area contributed by atoms with Gasteiger partial charge in [0, 0.05) is 43.5 Å². The van der Waals surface area contributed by atoms with E-state index < -0.39 is 26.6 Å². The number of halogens is 2. The molecule has 0 saturated carbocycles. The predicted molar refractivity (Wildman–Crippen MR) is 114 cm³/mol. The molecule has 10 heteroatoms. The van der Waals surface area contributed by atoms with Gasteiger partial charge in [-0.2, -0.15) is 0 Å². The van der Waals surface area contributed by atoms with Crippen LogP contribution >= 0.6 is 0 Å². The quantitative estimate of drug-likeness (QED) is 0.651. The van der Waals surface area contributed by atoms with Crippen LogP contribution in [0.4, 0.5) is 20.3 Å². The van der Waals surface area contributed by atoms with Crippen LogP contribution in [0.5, 0.6) is 0 Å². The molecule has 162 valence electrons. The van der Waals surface area contributed by atoms with Gasteiger partial charge in [0.2, 0.25) is 0 Å². The summed E-state index contributed by atoms with van der Waals surface area (Å²) in [5.41, 5.74) is 1.65. The number of likely N-dealkylation sites (N-methyl/N-ethyl adjacent to an activating group) is 1. The summed E-state index contributed by atoms with van der Waals surface area (Å²) >= 11 is 0. The maximum Gasteiger partial charge on any atom is 0.264 e. The second-order valence-electron chi connectivity index (χ2n) is 7.32. The highest BCUT2D eigenvalue weighted by atomic mass is 32.2. The molecule has 7 nitrogen and oxygen atoms in total. The van der Waals surface area contributed by atoms with Gasteiger partial charge in [-0.15, -0.1) is 10.2 Å². The highest BCUT2D eigenvalue weighted by molar-refractivity contribution is 7.92. The summed E-state index contributed by atoms with van der Waals surface area (Å²) in [6.45, 7) is 3.74. The summed E-state index contributed by atoms with van der Waals surface area (Å²) in [6, 6.07) is 12.6. The number of rotatable bonds is 5. The Bertz CT molecular complexity index is 1160. The van der Waals surface area contributed by atoms with Gasteiger partial charge in [0.1, 0.15) is 16.5 Å². The van der Waals surface area contributed by atoms with Crippen molar-refractivity contribution in [1.82, 2.24) is 15.1 Å². The number of sulfonamides is 1. The molecule has 1 saturated heterocycles. The van der Waals surface area contributed by atoms with Gasteiger partial charge in [-0.1, -0.05) is 12.1 Å². The molecule has 31 heavy (non-hydrogen) atoms. The van der Waals surface area contributed by atoms with Crippen LogP contribution in [-0.4, -0.2) is 56.7 Å². The SMILES string of the molecule is CN1CCN(c2ccc(-c3ccc(NS(=O)(=O)c4ccc(F)cc4F)cc3)nn2)CC1. The molecule has 0 amide bonds. The fourth-order valence-electron chi connectivity index (χ4n) is 3.30. The largest absolute Gasteiger partial charge is 0.353 e. The van der Waals surface area contributed by atoms with Crippen LogP contribution in [-0.2, 0) is 10.0 Å². The van der Waals surface area contributed by atoms with Gasteiger partial charge in [0.05, 0.1) is 5.69 Å². The number of nitrogens with one attached hydrogen (secondary N) is 1. The van der Waals surface area contributed by atoms with E-state index in [9.17, 15) is 17.2 Å². The average molecular weight is 445 g/mol. The third kappa shape index (κ3) is 4.80. The van der Waals surface area contributed by atoms with Crippen LogP contribution in [0.15, 0.2) is 59.5 Å². The molecule has 4 rings (SSSR count). The summed E-state index contributed by atoms with van der Waals surface area (Å²) in [4.78, 5) is 3.82. The zero-order valence-electron chi connectivity index (χ0n) is 16.8. The molecular weight excluding hydrogens is 424 g/mol. The lowest BCUT2D eigenvalue weighted by atomic mass is 10.1. The highest BCUT2D eigenvalue weighted by Gasteiger charge is 2.20. The Morgan fingerprint density at radius 3 is 2.23 bits per heavy atom. The zero-order chi connectivity index (χ0) is 22.0. The smallest absolute Gasteiger partial charge is 0.264 e. The molecule has 0 bridgehead atoms. The van der Waals surface area contributed by atoms with E-state index in [1.165, 1.54) is 0 Å². The molecular formula is C21H21F2N5O2S. The van der Waals surface area contributed by atoms with Gasteiger partial charge in [-0.05, 0) is 43.4 Å². The molecule has 1 N–H and O–H groups in total. The normalized spacial score (nSPS) is 15.1. The van der Waals surface area contributed by atoms with E-state index in [1.54, 1.807) is 24.3 Å². The van der Waals surface area contributed by atoms with Crippen molar-refractivity contribution >= 4 is 21.5 Å². The van der Waals surface area contributed by atoms with Crippen LogP contribution in [0.25, 0.3) is 11.3 Å². The molecule has 0 spiro atoms. The van der Waals surface area contributed by atoms with Gasteiger partial charge in [-0.25, -0.2) is 17.2 Å². The van der Waals surface area contributed by atoms with Gasteiger partial charge >= 0.3 is 0 Å². The Kier molecular flexibility index (Phi) is 5.84. The number of hydrogen-bond acceptors (Lipinski definition) is 6. The second kappa shape index (κ2) is 8.56. The molecule has 0 atom stereocenters. The summed E-state index contributed by atoms with van der Waals surface area (Å²) in [5, 5.41) is 8.60. The topological polar surface area (TPSA) is 78.4 Å². The Hall–Kier alpha value is -3.11. The van der Waals surface area contributed by atoms with Crippen LogP contribution in [0, 0.1) is 11.6 Å². The van der Waals surface area contributed by atoms with E-state index in [4.69, 9.17) is 0 Å². The van der Waals surface area contributed by atoms with Crippen molar-refractivity contribution in [2.75, 3.05) is 42.8 Å². The van der Waals surface area contributed by atoms with Crippen LogP contribution in [0.2, 0.25) is 0 Å². The number of anilines is 2. The van der Waals surface area contributed by atoms with Crippen molar-refractivity contribution in [2.24, 2.45) is 0 Å². The highest BCUT2D eigenvalue weighted by Crippen LogP contribution is 2.24. The summed E-state index contributed by atoms with van der Waals surface area (Å²) < 4.78 is 54.0. The summed E-state index contributed by atoms with van der Waals surface area (Å²) in [6.07, 6.45) is 0. The average Bonchev–Trinajstić information content (AvgIpc) is 2.74. The van der Waals surface area contributed by atoms with Gasteiger partial charge in [0.15, 0.2) is 5.82 Å². The lowest BCUT2D eigenvalue weighted by Gasteiger charge is -2.32. The first kappa shape index (κ1) is 21.1. The maximum absolute atomic E-state index is 13.8. The fourth-order valence-corrected chi connectivity index (χ4v) is 4.41. The first-order valence-corrected chi connectivity index (χ1v) is 11.2. The number of hydrogen-bond donors (Lipinski definition) is 1. The Balaban J connectivity index is 1.47. The molecule has 2 heterocycles. The zero-order valence-corrected chi connectivity index (χ0v) is 17.6. The van der Waals surface area contributed by atoms with Crippen LogP contribution in [0.3, 0.4) is 0 Å². The molecule has 1 fully saturated rings. The van der Waals surface area contributed by atoms with Crippen LogP contribution < -0.4 is 9.62 Å². The Labute approximate surface area is 179 Å². The number of aromatic nitrogens is 2. The molecule has 3 aromatic rings. The van der Waals surface area contributed by atoms with E-state index in [1.807, 2.05) is 12.1 Å². The summed E-state index contributed by atoms with van der Waals surface area (Å²) in [7, 11) is -2.10. The van der Waals surface area contributed by atoms with Crippen molar-refractivity contribution in [1.29, 1.82) is 0 Å². The van der Waals surface area contributed by atoms with Crippen molar-refractivity contribution in [3.05, 3.63) is 66.2 Å². The molecule has 1 aromatic heterocycles. The third-order valence-corrected chi connectivity index (χ3v) is 6.51. The maximum atomic E-state index is 13.8. The minimum atomic E-state index is -4.19. The molecule has 2 aromatic carbocycles. The van der Waals surface area contributed by atoms with E-state index in [2.05, 4.69) is 31.8 Å². The molecule has 0 radical (unpaired) electrons. The van der Waals surface area contributed by atoms with Crippen molar-refractivity contribution in [3.63, 3.8) is 0 Å².